The molecule has 0 radical (unpaired) electrons. The molecule has 0 amide bonds. The summed E-state index contributed by atoms with van der Waals surface area (Å²) in [7, 11) is 0. The quantitative estimate of drug-likeness (QED) is 0.579. The zero-order valence-electron chi connectivity index (χ0n) is 12.2. The third-order valence-corrected chi connectivity index (χ3v) is 4.38. The van der Waals surface area contributed by atoms with E-state index in [2.05, 4.69) is 11.8 Å². The van der Waals surface area contributed by atoms with E-state index in [0.717, 1.165) is 25.7 Å². The van der Waals surface area contributed by atoms with Crippen LogP contribution < -0.4 is 0 Å². The van der Waals surface area contributed by atoms with Crippen molar-refractivity contribution in [2.45, 2.75) is 44.9 Å². The minimum atomic E-state index is -0.127. The van der Waals surface area contributed by atoms with Crippen LogP contribution in [0.1, 0.15) is 44.9 Å². The third kappa shape index (κ3) is 5.41. The van der Waals surface area contributed by atoms with E-state index in [1.54, 1.807) is 0 Å². The predicted molar refractivity (Wildman–Crippen MR) is 77.9 cm³/mol. The summed E-state index contributed by atoms with van der Waals surface area (Å²) in [5.74, 6) is 6.13. The van der Waals surface area contributed by atoms with E-state index in [4.69, 9.17) is 20.4 Å². The van der Waals surface area contributed by atoms with Gasteiger partial charge in [-0.15, -0.1) is 0 Å². The Kier molecular flexibility index (Phi) is 8.16. The van der Waals surface area contributed by atoms with Crippen molar-refractivity contribution < 1.29 is 20.4 Å². The molecule has 4 nitrogen and oxygen atoms in total. The molecule has 2 atom stereocenters. The second kappa shape index (κ2) is 9.36. The Balaban J connectivity index is 0.000000200. The topological polar surface area (TPSA) is 80.9 Å². The molecule has 20 heavy (non-hydrogen) atoms. The van der Waals surface area contributed by atoms with Crippen LogP contribution in [0.15, 0.2) is 0 Å². The van der Waals surface area contributed by atoms with E-state index in [1.165, 1.54) is 19.3 Å². The Morgan fingerprint density at radius 3 is 1.45 bits per heavy atom. The maximum Gasteiger partial charge on any atom is 0.0568 e. The van der Waals surface area contributed by atoms with Gasteiger partial charge in [-0.1, -0.05) is 31.1 Å². The molecule has 2 aliphatic rings. The highest BCUT2D eigenvalue weighted by Gasteiger charge is 2.30. The van der Waals surface area contributed by atoms with Gasteiger partial charge >= 0.3 is 0 Å². The SMILES string of the molecule is OCC1(CO)CCCCC1.OCC1C#CC(CO)CC1. The molecule has 0 aromatic heterocycles. The molecular formula is C16H28O4. The van der Waals surface area contributed by atoms with Crippen molar-refractivity contribution in [3.63, 3.8) is 0 Å². The molecule has 0 heterocycles. The molecule has 1 fully saturated rings. The van der Waals surface area contributed by atoms with Gasteiger partial charge in [-0.05, 0) is 25.7 Å². The molecule has 4 N–H and O–H groups in total. The Bertz CT molecular complexity index is 290. The molecule has 2 aliphatic carbocycles. The summed E-state index contributed by atoms with van der Waals surface area (Å²) in [6, 6.07) is 0. The van der Waals surface area contributed by atoms with Crippen molar-refractivity contribution in [1.29, 1.82) is 0 Å². The highest BCUT2D eigenvalue weighted by Crippen LogP contribution is 2.34. The van der Waals surface area contributed by atoms with Gasteiger partial charge in [-0.2, -0.15) is 0 Å². The van der Waals surface area contributed by atoms with E-state index in [0.29, 0.717) is 0 Å². The minimum Gasteiger partial charge on any atom is -0.396 e. The highest BCUT2D eigenvalue weighted by molar-refractivity contribution is 5.11. The monoisotopic (exact) mass is 284 g/mol. The first-order valence-electron chi connectivity index (χ1n) is 7.64. The van der Waals surface area contributed by atoms with Gasteiger partial charge in [0.1, 0.15) is 0 Å². The second-order valence-corrected chi connectivity index (χ2v) is 6.00. The maximum absolute atomic E-state index is 8.98. The zero-order chi connectivity index (χ0) is 14.8. The van der Waals surface area contributed by atoms with E-state index in [1.807, 2.05) is 0 Å². The molecule has 1 saturated carbocycles. The van der Waals surface area contributed by atoms with Crippen molar-refractivity contribution in [2.24, 2.45) is 17.3 Å². The van der Waals surface area contributed by atoms with Crippen molar-refractivity contribution in [1.82, 2.24) is 0 Å². The van der Waals surface area contributed by atoms with E-state index >= 15 is 0 Å². The fraction of sp³-hybridized carbons (Fsp3) is 0.875. The normalized spacial score (nSPS) is 27.8. The molecular weight excluding hydrogens is 256 g/mol. The van der Waals surface area contributed by atoms with Gasteiger partial charge in [0, 0.05) is 17.3 Å². The molecule has 2 unspecified atom stereocenters. The lowest BCUT2D eigenvalue weighted by atomic mass is 9.75. The Hall–Kier alpha value is -0.600. The Morgan fingerprint density at radius 1 is 0.750 bits per heavy atom. The molecule has 0 aliphatic heterocycles. The molecule has 2 rings (SSSR count). The van der Waals surface area contributed by atoms with Gasteiger partial charge in [0.05, 0.1) is 26.4 Å². The van der Waals surface area contributed by atoms with Gasteiger partial charge < -0.3 is 20.4 Å². The molecule has 4 heteroatoms. The van der Waals surface area contributed by atoms with Gasteiger partial charge in [-0.25, -0.2) is 0 Å². The van der Waals surface area contributed by atoms with Crippen LogP contribution in [-0.4, -0.2) is 46.9 Å². The van der Waals surface area contributed by atoms with Crippen molar-refractivity contribution in [3.05, 3.63) is 0 Å². The Morgan fingerprint density at radius 2 is 1.20 bits per heavy atom. The van der Waals surface area contributed by atoms with Gasteiger partial charge in [0.15, 0.2) is 0 Å². The standard InChI is InChI=1S/C8H12O2.C8H16O2/c9-5-7-1-2-8(6-10)4-3-7;9-6-8(7-10)4-2-1-3-5-8/h7-10H,1-2,5-6H2;9-10H,1-7H2. The summed E-state index contributed by atoms with van der Waals surface area (Å²) in [6.45, 7) is 0.628. The number of rotatable bonds is 4. The average Bonchev–Trinajstić information content (AvgIpc) is 2.56. The largest absolute Gasteiger partial charge is 0.396 e. The second-order valence-electron chi connectivity index (χ2n) is 6.00. The number of hydrogen-bond donors (Lipinski definition) is 4. The van der Waals surface area contributed by atoms with E-state index < -0.39 is 0 Å². The van der Waals surface area contributed by atoms with Crippen LogP contribution in [-0.2, 0) is 0 Å². The lowest BCUT2D eigenvalue weighted by molar-refractivity contribution is 0.0234. The average molecular weight is 284 g/mol. The zero-order valence-corrected chi connectivity index (χ0v) is 12.2. The van der Waals surface area contributed by atoms with Crippen LogP contribution in [0.2, 0.25) is 0 Å². The fourth-order valence-corrected chi connectivity index (χ4v) is 2.72. The van der Waals surface area contributed by atoms with Crippen LogP contribution >= 0.6 is 0 Å². The van der Waals surface area contributed by atoms with Gasteiger partial charge in [0.25, 0.3) is 0 Å². The molecule has 0 bridgehead atoms. The first-order chi connectivity index (χ1) is 9.69. The summed E-state index contributed by atoms with van der Waals surface area (Å²) >= 11 is 0. The predicted octanol–water partition coefficient (Wildman–Crippen LogP) is 0.922. The van der Waals surface area contributed by atoms with Gasteiger partial charge in [-0.3, -0.25) is 0 Å². The van der Waals surface area contributed by atoms with Crippen molar-refractivity contribution in [2.75, 3.05) is 26.4 Å². The van der Waals surface area contributed by atoms with Gasteiger partial charge in [0.2, 0.25) is 0 Å². The molecule has 0 aromatic carbocycles. The molecule has 0 saturated heterocycles. The lowest BCUT2D eigenvalue weighted by Gasteiger charge is -2.33. The summed E-state index contributed by atoms with van der Waals surface area (Å²) in [5, 5.41) is 35.3. The first kappa shape index (κ1) is 17.5. The summed E-state index contributed by atoms with van der Waals surface area (Å²) in [6.07, 6.45) is 7.45. The Labute approximate surface area is 121 Å². The highest BCUT2D eigenvalue weighted by atomic mass is 16.3. The molecule has 0 spiro atoms. The summed E-state index contributed by atoms with van der Waals surface area (Å²) in [5.41, 5.74) is -0.127. The molecule has 0 aromatic rings. The van der Waals surface area contributed by atoms with Crippen LogP contribution in [0.3, 0.4) is 0 Å². The smallest absolute Gasteiger partial charge is 0.0568 e. The van der Waals surface area contributed by atoms with E-state index in [9.17, 15) is 0 Å². The van der Waals surface area contributed by atoms with Crippen molar-refractivity contribution in [3.8, 4) is 11.8 Å². The summed E-state index contributed by atoms with van der Waals surface area (Å²) in [4.78, 5) is 0. The van der Waals surface area contributed by atoms with Crippen molar-refractivity contribution >= 4 is 0 Å². The number of aliphatic hydroxyl groups excluding tert-OH is 4. The lowest BCUT2D eigenvalue weighted by Crippen LogP contribution is -2.31. The number of aliphatic hydroxyl groups is 4. The summed E-state index contributed by atoms with van der Waals surface area (Å²) < 4.78 is 0. The maximum atomic E-state index is 8.98. The van der Waals surface area contributed by atoms with E-state index in [-0.39, 0.29) is 43.7 Å². The first-order valence-corrected chi connectivity index (χ1v) is 7.64. The number of hydrogen-bond acceptors (Lipinski definition) is 4. The molecule has 116 valence electrons. The van der Waals surface area contributed by atoms with Crippen LogP contribution in [0.4, 0.5) is 0 Å². The van der Waals surface area contributed by atoms with Crippen LogP contribution in [0.25, 0.3) is 0 Å². The fourth-order valence-electron chi connectivity index (χ4n) is 2.72. The third-order valence-electron chi connectivity index (χ3n) is 4.38. The minimum absolute atomic E-state index is 0.127. The van der Waals surface area contributed by atoms with Crippen LogP contribution in [0.5, 0.6) is 0 Å². The van der Waals surface area contributed by atoms with Crippen LogP contribution in [0, 0.1) is 29.1 Å².